The van der Waals surface area contributed by atoms with Crippen LogP contribution < -0.4 is 16.4 Å². The number of para-hydroxylation sites is 2. The van der Waals surface area contributed by atoms with E-state index in [0.717, 1.165) is 32.9 Å². The Kier molecular flexibility index (Phi) is 13.4. The van der Waals surface area contributed by atoms with Gasteiger partial charge in [0.15, 0.2) is 0 Å². The van der Waals surface area contributed by atoms with Crippen molar-refractivity contribution in [1.82, 2.24) is 20.6 Å². The number of nitrogens with one attached hydrogen (secondary N) is 4. The third-order valence-electron chi connectivity index (χ3n) is 7.00. The van der Waals surface area contributed by atoms with E-state index in [1.165, 1.54) is 0 Å². The number of aromatic nitrogens is 2. The van der Waals surface area contributed by atoms with Gasteiger partial charge in [0.2, 0.25) is 11.8 Å². The van der Waals surface area contributed by atoms with E-state index < -0.39 is 0 Å². The van der Waals surface area contributed by atoms with Gasteiger partial charge in [0.05, 0.1) is 12.8 Å². The maximum Gasteiger partial charge on any atom is 0.224 e. The molecule has 1 atom stereocenters. The number of fused-ring (bicyclic) bond motifs is 2. The molecule has 0 aliphatic heterocycles. The highest BCUT2D eigenvalue weighted by atomic mass is 35.5. The van der Waals surface area contributed by atoms with Gasteiger partial charge < -0.3 is 31.8 Å². The van der Waals surface area contributed by atoms with E-state index in [1.807, 2.05) is 60.9 Å². The van der Waals surface area contributed by atoms with E-state index in [2.05, 4.69) is 20.6 Å². The Labute approximate surface area is 240 Å². The van der Waals surface area contributed by atoms with Crippen LogP contribution in [0.5, 0.6) is 0 Å². The number of aromatic amines is 2. The number of H-pyrrole nitrogens is 2. The Hall–Kier alpha value is -3.66. The molecule has 8 N–H and O–H groups in total. The van der Waals surface area contributed by atoms with Gasteiger partial charge in [-0.3, -0.25) is 14.4 Å². The summed E-state index contributed by atoms with van der Waals surface area (Å²) in [4.78, 5) is 44.2. The van der Waals surface area contributed by atoms with Crippen LogP contribution in [0.25, 0.3) is 21.8 Å². The topological polar surface area (TPSA) is 164 Å². The molecule has 10 heteroatoms. The Morgan fingerprint density at radius 2 is 1.27 bits per heavy atom. The van der Waals surface area contributed by atoms with Crippen LogP contribution in [0.15, 0.2) is 60.9 Å². The normalized spacial score (nSPS) is 11.4. The molecule has 0 radical (unpaired) electrons. The average Bonchev–Trinajstić information content (AvgIpc) is 3.53. The molecular formula is C30H40ClN5O4. The van der Waals surface area contributed by atoms with Gasteiger partial charge in [0.25, 0.3) is 0 Å². The summed E-state index contributed by atoms with van der Waals surface area (Å²) in [6.45, 7) is 1.42. The molecule has 0 aliphatic carbocycles. The van der Waals surface area contributed by atoms with Gasteiger partial charge in [-0.05, 0) is 55.5 Å². The lowest BCUT2D eigenvalue weighted by Crippen LogP contribution is -2.30. The van der Waals surface area contributed by atoms with Crippen molar-refractivity contribution < 1.29 is 19.9 Å². The van der Waals surface area contributed by atoms with Crippen molar-refractivity contribution >= 4 is 51.8 Å². The smallest absolute Gasteiger partial charge is 0.224 e. The van der Waals surface area contributed by atoms with E-state index in [9.17, 15) is 14.4 Å². The van der Waals surface area contributed by atoms with Crippen molar-refractivity contribution in [1.29, 1.82) is 0 Å². The van der Waals surface area contributed by atoms with Crippen LogP contribution in [0, 0.1) is 5.92 Å². The zero-order valence-electron chi connectivity index (χ0n) is 22.6. The van der Waals surface area contributed by atoms with Crippen molar-refractivity contribution in [3.63, 3.8) is 0 Å². The maximum atomic E-state index is 12.8. The third kappa shape index (κ3) is 8.94. The number of hydrogen-bond donors (Lipinski definition) is 5. The molecule has 1 unspecified atom stereocenters. The summed E-state index contributed by atoms with van der Waals surface area (Å²) in [6.07, 6.45) is 7.38. The Morgan fingerprint density at radius 3 is 1.82 bits per heavy atom. The third-order valence-corrected chi connectivity index (χ3v) is 7.00. The number of Topliss-reactive ketones (excluding diaryl/α,β-unsaturated/α-hetero) is 1. The van der Waals surface area contributed by atoms with Gasteiger partial charge in [-0.2, -0.15) is 0 Å². The molecule has 4 rings (SSSR count). The van der Waals surface area contributed by atoms with E-state index in [0.29, 0.717) is 58.2 Å². The average molecular weight is 570 g/mol. The molecular weight excluding hydrogens is 530 g/mol. The Bertz CT molecular complexity index is 1380. The lowest BCUT2D eigenvalue weighted by atomic mass is 9.92. The van der Waals surface area contributed by atoms with Crippen molar-refractivity contribution in [2.75, 3.05) is 19.6 Å². The molecule has 2 amide bonds. The van der Waals surface area contributed by atoms with E-state index in [-0.39, 0.29) is 47.8 Å². The van der Waals surface area contributed by atoms with E-state index in [4.69, 9.17) is 5.73 Å². The van der Waals surface area contributed by atoms with Gasteiger partial charge in [-0.15, -0.1) is 12.4 Å². The van der Waals surface area contributed by atoms with Gasteiger partial charge in [-0.25, -0.2) is 0 Å². The number of benzene rings is 2. The first-order valence-corrected chi connectivity index (χ1v) is 13.4. The molecule has 0 fully saturated rings. The van der Waals surface area contributed by atoms with Crippen LogP contribution in [0.1, 0.15) is 43.2 Å². The Balaban J connectivity index is 0.00000280. The summed E-state index contributed by atoms with van der Waals surface area (Å²) in [7, 11) is 0. The number of nitrogens with two attached hydrogens (primary N) is 1. The van der Waals surface area contributed by atoms with Crippen LogP contribution in [-0.2, 0) is 27.2 Å². The number of ketones is 1. The predicted octanol–water partition coefficient (Wildman–Crippen LogP) is 3.36. The maximum absolute atomic E-state index is 12.8. The molecule has 2 aromatic carbocycles. The highest BCUT2D eigenvalue weighted by Gasteiger charge is 2.18. The monoisotopic (exact) mass is 569 g/mol. The molecule has 4 aromatic rings. The van der Waals surface area contributed by atoms with Crippen LogP contribution in [-0.4, -0.2) is 52.7 Å². The quantitative estimate of drug-likeness (QED) is 0.139. The number of halogens is 1. The molecule has 0 spiro atoms. The minimum Gasteiger partial charge on any atom is -0.412 e. The summed E-state index contributed by atoms with van der Waals surface area (Å²) in [5.74, 6) is -0.0929. The van der Waals surface area contributed by atoms with Crippen molar-refractivity contribution in [3.8, 4) is 0 Å². The summed E-state index contributed by atoms with van der Waals surface area (Å²) in [5.41, 5.74) is 9.55. The van der Waals surface area contributed by atoms with Crippen LogP contribution in [0.3, 0.4) is 0 Å². The fraction of sp³-hybridized carbons (Fsp3) is 0.367. The highest BCUT2D eigenvalue weighted by molar-refractivity contribution is 5.90. The van der Waals surface area contributed by atoms with E-state index >= 15 is 0 Å². The van der Waals surface area contributed by atoms with Crippen molar-refractivity contribution in [2.45, 2.75) is 44.9 Å². The number of carbonyl (C=O) groups is 3. The lowest BCUT2D eigenvalue weighted by Gasteiger charge is -2.16. The van der Waals surface area contributed by atoms with Crippen LogP contribution in [0.2, 0.25) is 0 Å². The first kappa shape index (κ1) is 32.6. The minimum absolute atomic E-state index is 0. The lowest BCUT2D eigenvalue weighted by molar-refractivity contribution is -0.124. The molecule has 2 heterocycles. The zero-order valence-corrected chi connectivity index (χ0v) is 23.4. The van der Waals surface area contributed by atoms with Gasteiger partial charge in [0.1, 0.15) is 5.78 Å². The standard InChI is InChI=1S/C30H37N5O3.ClH.H2O/c31-14-5-12-28(36)21(13-16-33-30(38)18-23-20-35-27-11-4-2-9-25(23)27)7-6-15-32-29(37)17-22-19-34-26-10-3-1-8-24(22)26;;/h1-4,8-11,19-21,34-35H,5-7,12-18,31H2,(H,32,37)(H,33,38);1H;1H2. The van der Waals surface area contributed by atoms with Crippen molar-refractivity contribution in [3.05, 3.63) is 72.1 Å². The van der Waals surface area contributed by atoms with Gasteiger partial charge in [-0.1, -0.05) is 36.4 Å². The molecule has 0 bridgehead atoms. The second kappa shape index (κ2) is 16.4. The highest BCUT2D eigenvalue weighted by Crippen LogP contribution is 2.19. The van der Waals surface area contributed by atoms with Gasteiger partial charge in [0, 0.05) is 59.6 Å². The number of amides is 2. The molecule has 0 saturated heterocycles. The molecule has 216 valence electrons. The largest absolute Gasteiger partial charge is 0.412 e. The first-order chi connectivity index (χ1) is 18.5. The number of hydrogen-bond acceptors (Lipinski definition) is 4. The second-order valence-corrected chi connectivity index (χ2v) is 9.76. The van der Waals surface area contributed by atoms with Gasteiger partial charge >= 0.3 is 0 Å². The fourth-order valence-corrected chi connectivity index (χ4v) is 4.94. The summed E-state index contributed by atoms with van der Waals surface area (Å²) >= 11 is 0. The second-order valence-electron chi connectivity index (χ2n) is 9.76. The SMILES string of the molecule is Cl.NCCCC(=O)C(CCCNC(=O)Cc1c[nH]c2ccccc12)CCNC(=O)Cc1c[nH]c2ccccc12.O. The summed E-state index contributed by atoms with van der Waals surface area (Å²) in [6, 6.07) is 15.8. The molecule has 0 saturated carbocycles. The number of rotatable bonds is 15. The molecule has 0 aliphatic rings. The summed E-state index contributed by atoms with van der Waals surface area (Å²) in [5, 5.41) is 8.05. The first-order valence-electron chi connectivity index (χ1n) is 13.4. The zero-order chi connectivity index (χ0) is 26.7. The molecule has 40 heavy (non-hydrogen) atoms. The van der Waals surface area contributed by atoms with Crippen LogP contribution in [0.4, 0.5) is 0 Å². The fourth-order valence-electron chi connectivity index (χ4n) is 4.94. The minimum atomic E-state index is -0.166. The Morgan fingerprint density at radius 1 is 0.750 bits per heavy atom. The number of carbonyl (C=O) groups excluding carboxylic acids is 3. The predicted molar refractivity (Wildman–Crippen MR) is 162 cm³/mol. The molecule has 2 aromatic heterocycles. The summed E-state index contributed by atoms with van der Waals surface area (Å²) < 4.78 is 0. The van der Waals surface area contributed by atoms with E-state index in [1.54, 1.807) is 0 Å². The molecule has 9 nitrogen and oxygen atoms in total. The van der Waals surface area contributed by atoms with Crippen LogP contribution >= 0.6 is 12.4 Å². The van der Waals surface area contributed by atoms with Crippen molar-refractivity contribution in [2.24, 2.45) is 11.7 Å².